The number of carbonyl (C=O) groups excluding carboxylic acids is 2. The summed E-state index contributed by atoms with van der Waals surface area (Å²) in [5.41, 5.74) is 7.38. The normalized spacial score (nSPS) is 10.0. The number of hydrogen-bond acceptors (Lipinski definition) is 3. The predicted molar refractivity (Wildman–Crippen MR) is 75.5 cm³/mol. The van der Waals surface area contributed by atoms with Crippen LogP contribution in [0, 0.1) is 0 Å². The molecule has 1 rings (SSSR count). The van der Waals surface area contributed by atoms with E-state index >= 15 is 0 Å². The van der Waals surface area contributed by atoms with Gasteiger partial charge in [-0.1, -0.05) is 12.1 Å². The maximum Gasteiger partial charge on any atom is 0.239 e. The number of amides is 2. The molecule has 0 aliphatic heterocycles. The minimum absolute atomic E-state index is 0.0112. The summed E-state index contributed by atoms with van der Waals surface area (Å²) >= 11 is 0. The Labute approximate surface area is 113 Å². The first-order valence-corrected chi connectivity index (χ1v) is 6.39. The smallest absolute Gasteiger partial charge is 0.239 e. The first-order valence-electron chi connectivity index (χ1n) is 6.39. The van der Waals surface area contributed by atoms with Gasteiger partial charge in [0, 0.05) is 25.7 Å². The predicted octanol–water partition coefficient (Wildman–Crippen LogP) is 0.796. The largest absolute Gasteiger partial charge is 0.399 e. The van der Waals surface area contributed by atoms with Crippen LogP contribution in [0.2, 0.25) is 0 Å². The molecule has 1 aromatic carbocycles. The van der Waals surface area contributed by atoms with E-state index in [9.17, 15) is 9.59 Å². The summed E-state index contributed by atoms with van der Waals surface area (Å²) in [4.78, 5) is 24.8. The lowest BCUT2D eigenvalue weighted by Crippen LogP contribution is -2.39. The van der Waals surface area contributed by atoms with Gasteiger partial charge in [-0.3, -0.25) is 9.59 Å². The summed E-state index contributed by atoms with van der Waals surface area (Å²) in [6.07, 6.45) is 1.05. The fourth-order valence-corrected chi connectivity index (χ4v) is 1.72. The van der Waals surface area contributed by atoms with Crippen molar-refractivity contribution >= 4 is 17.5 Å². The lowest BCUT2D eigenvalue weighted by molar-refractivity contribution is -0.135. The van der Waals surface area contributed by atoms with Crippen LogP contribution in [0.5, 0.6) is 0 Å². The number of anilines is 1. The molecule has 0 saturated carbocycles. The van der Waals surface area contributed by atoms with Gasteiger partial charge < -0.3 is 16.0 Å². The van der Waals surface area contributed by atoms with Gasteiger partial charge in [0.2, 0.25) is 11.8 Å². The molecule has 1 aromatic rings. The average Bonchev–Trinajstić information content (AvgIpc) is 2.43. The maximum atomic E-state index is 12.0. The Morgan fingerprint density at radius 3 is 2.42 bits per heavy atom. The number of hydrogen-bond donors (Lipinski definition) is 2. The second-order valence-electron chi connectivity index (χ2n) is 4.32. The van der Waals surface area contributed by atoms with Crippen molar-refractivity contribution in [1.82, 2.24) is 10.2 Å². The highest BCUT2D eigenvalue weighted by atomic mass is 16.2. The van der Waals surface area contributed by atoms with Crippen LogP contribution in [-0.4, -0.2) is 36.9 Å². The molecular weight excluding hydrogens is 242 g/mol. The first-order chi connectivity index (χ1) is 9.06. The molecule has 0 heterocycles. The summed E-state index contributed by atoms with van der Waals surface area (Å²) in [7, 11) is 1.56. The quantitative estimate of drug-likeness (QED) is 0.745. The minimum atomic E-state index is -0.150. The Hall–Kier alpha value is -2.04. The van der Waals surface area contributed by atoms with Crippen LogP contribution in [0.25, 0.3) is 0 Å². The molecule has 3 N–H and O–H groups in total. The van der Waals surface area contributed by atoms with Gasteiger partial charge in [-0.15, -0.1) is 0 Å². The summed E-state index contributed by atoms with van der Waals surface area (Å²) in [5, 5.41) is 2.52. The van der Waals surface area contributed by atoms with E-state index in [1.807, 2.05) is 31.2 Å². The lowest BCUT2D eigenvalue weighted by Gasteiger charge is -2.19. The lowest BCUT2D eigenvalue weighted by atomic mass is 10.1. The maximum absolute atomic E-state index is 12.0. The Morgan fingerprint density at radius 2 is 1.89 bits per heavy atom. The van der Waals surface area contributed by atoms with Gasteiger partial charge in [-0.25, -0.2) is 0 Å². The molecule has 0 spiro atoms. The van der Waals surface area contributed by atoms with Crippen molar-refractivity contribution in [3.8, 4) is 0 Å². The van der Waals surface area contributed by atoms with Crippen molar-refractivity contribution < 1.29 is 9.59 Å². The molecule has 5 heteroatoms. The van der Waals surface area contributed by atoms with Crippen molar-refractivity contribution in [2.45, 2.75) is 19.8 Å². The highest BCUT2D eigenvalue weighted by Crippen LogP contribution is 2.08. The number of aryl methyl sites for hydroxylation is 1. The third kappa shape index (κ3) is 4.99. The topological polar surface area (TPSA) is 75.4 Å². The number of nitrogens with one attached hydrogen (secondary N) is 1. The van der Waals surface area contributed by atoms with Crippen molar-refractivity contribution in [2.75, 3.05) is 25.9 Å². The van der Waals surface area contributed by atoms with Gasteiger partial charge >= 0.3 is 0 Å². The number of likely N-dealkylation sites (N-methyl/N-ethyl adjacent to an activating group) is 2. The molecule has 0 unspecified atom stereocenters. The summed E-state index contributed by atoms with van der Waals surface area (Å²) in [6, 6.07) is 7.47. The number of nitrogen functional groups attached to an aromatic ring is 1. The van der Waals surface area contributed by atoms with Crippen LogP contribution < -0.4 is 11.1 Å². The van der Waals surface area contributed by atoms with E-state index in [4.69, 9.17) is 5.73 Å². The zero-order valence-corrected chi connectivity index (χ0v) is 11.5. The molecule has 5 nitrogen and oxygen atoms in total. The molecule has 0 aliphatic carbocycles. The molecule has 19 heavy (non-hydrogen) atoms. The zero-order valence-electron chi connectivity index (χ0n) is 11.5. The molecule has 0 fully saturated rings. The van der Waals surface area contributed by atoms with Gasteiger partial charge in [0.25, 0.3) is 0 Å². The molecule has 0 bridgehead atoms. The fraction of sp³-hybridized carbons (Fsp3) is 0.429. The van der Waals surface area contributed by atoms with E-state index in [0.717, 1.165) is 5.56 Å². The van der Waals surface area contributed by atoms with Crippen molar-refractivity contribution in [3.63, 3.8) is 0 Å². The van der Waals surface area contributed by atoms with Crippen LogP contribution in [0.3, 0.4) is 0 Å². The SMILES string of the molecule is CCN(CC(=O)NC)C(=O)CCc1ccc(N)cc1. The Balaban J connectivity index is 2.48. The highest BCUT2D eigenvalue weighted by molar-refractivity contribution is 5.84. The fourth-order valence-electron chi connectivity index (χ4n) is 1.72. The molecule has 2 amide bonds. The summed E-state index contributed by atoms with van der Waals surface area (Å²) < 4.78 is 0. The van der Waals surface area contributed by atoms with E-state index in [1.165, 1.54) is 0 Å². The van der Waals surface area contributed by atoms with Gasteiger partial charge in [-0.05, 0) is 31.0 Å². The Morgan fingerprint density at radius 1 is 1.26 bits per heavy atom. The van der Waals surface area contributed by atoms with Gasteiger partial charge in [-0.2, -0.15) is 0 Å². The number of rotatable bonds is 6. The molecule has 0 atom stereocenters. The van der Waals surface area contributed by atoms with E-state index < -0.39 is 0 Å². The molecule has 0 saturated heterocycles. The van der Waals surface area contributed by atoms with Gasteiger partial charge in [0.15, 0.2) is 0 Å². The monoisotopic (exact) mass is 263 g/mol. The van der Waals surface area contributed by atoms with E-state index in [0.29, 0.717) is 25.1 Å². The van der Waals surface area contributed by atoms with Crippen LogP contribution in [-0.2, 0) is 16.0 Å². The van der Waals surface area contributed by atoms with E-state index in [1.54, 1.807) is 11.9 Å². The van der Waals surface area contributed by atoms with E-state index in [-0.39, 0.29) is 18.4 Å². The van der Waals surface area contributed by atoms with Gasteiger partial charge in [0.05, 0.1) is 6.54 Å². The Bertz CT molecular complexity index is 429. The van der Waals surface area contributed by atoms with Gasteiger partial charge in [0.1, 0.15) is 0 Å². The molecular formula is C14H21N3O2. The van der Waals surface area contributed by atoms with E-state index in [2.05, 4.69) is 5.32 Å². The number of carbonyl (C=O) groups is 2. The number of benzene rings is 1. The second-order valence-corrected chi connectivity index (χ2v) is 4.32. The van der Waals surface area contributed by atoms with Crippen LogP contribution >= 0.6 is 0 Å². The summed E-state index contributed by atoms with van der Waals surface area (Å²) in [6.45, 7) is 2.52. The van der Waals surface area contributed by atoms with Crippen LogP contribution in [0.4, 0.5) is 5.69 Å². The molecule has 104 valence electrons. The number of nitrogens with two attached hydrogens (primary N) is 1. The van der Waals surface area contributed by atoms with Crippen LogP contribution in [0.15, 0.2) is 24.3 Å². The third-order valence-corrected chi connectivity index (χ3v) is 2.95. The molecule has 0 aliphatic rings. The van der Waals surface area contributed by atoms with Crippen molar-refractivity contribution in [2.24, 2.45) is 0 Å². The average molecular weight is 263 g/mol. The highest BCUT2D eigenvalue weighted by Gasteiger charge is 2.14. The van der Waals surface area contributed by atoms with Crippen molar-refractivity contribution in [1.29, 1.82) is 0 Å². The summed E-state index contributed by atoms with van der Waals surface area (Å²) in [5.74, 6) is -0.161. The Kier molecular flexibility index (Phi) is 5.85. The molecule has 0 aromatic heterocycles. The molecule has 0 radical (unpaired) electrons. The van der Waals surface area contributed by atoms with Crippen molar-refractivity contribution in [3.05, 3.63) is 29.8 Å². The first kappa shape index (κ1) is 15.0. The second kappa shape index (κ2) is 7.41. The zero-order chi connectivity index (χ0) is 14.3. The minimum Gasteiger partial charge on any atom is -0.399 e. The standard InChI is InChI=1S/C14H21N3O2/c1-3-17(10-13(18)16-2)14(19)9-6-11-4-7-12(15)8-5-11/h4-5,7-8H,3,6,9-10,15H2,1-2H3,(H,16,18). The third-order valence-electron chi connectivity index (χ3n) is 2.95. The number of nitrogens with zero attached hydrogens (tertiary/aromatic N) is 1. The van der Waals surface area contributed by atoms with Crippen LogP contribution in [0.1, 0.15) is 18.9 Å².